The van der Waals surface area contributed by atoms with Gasteiger partial charge in [-0.15, -0.1) is 0 Å². The molecular formula is C23H38O9. The molecule has 0 saturated carbocycles. The summed E-state index contributed by atoms with van der Waals surface area (Å²) in [6.45, 7) is 21.9. The molecule has 0 aromatic carbocycles. The number of ether oxygens (including phenoxy) is 3. The molecule has 0 aromatic rings. The van der Waals surface area contributed by atoms with E-state index in [9.17, 15) is 19.2 Å². The first-order chi connectivity index (χ1) is 14.7. The summed E-state index contributed by atoms with van der Waals surface area (Å²) in [4.78, 5) is 40.8. The van der Waals surface area contributed by atoms with E-state index in [2.05, 4.69) is 40.5 Å². The first kappa shape index (κ1) is 36.2. The summed E-state index contributed by atoms with van der Waals surface area (Å²) in [6.07, 6.45) is 2.54. The highest BCUT2D eigenvalue weighted by Gasteiger charge is 2.04. The predicted molar refractivity (Wildman–Crippen MR) is 123 cm³/mol. The van der Waals surface area contributed by atoms with Gasteiger partial charge in [-0.2, -0.15) is 0 Å². The smallest absolute Gasteiger partial charge is 0.333 e. The molecule has 1 unspecified atom stereocenters. The van der Waals surface area contributed by atoms with E-state index in [0.717, 1.165) is 12.8 Å². The Balaban J connectivity index is -0.000000166. The lowest BCUT2D eigenvalue weighted by Crippen LogP contribution is -2.15. The number of aliphatic hydroxyl groups is 1. The fourth-order valence-corrected chi connectivity index (χ4v) is 0.870. The monoisotopic (exact) mass is 458 g/mol. The number of esters is 3. The van der Waals surface area contributed by atoms with Crippen LogP contribution >= 0.6 is 0 Å². The van der Waals surface area contributed by atoms with E-state index in [4.69, 9.17) is 10.2 Å². The molecule has 184 valence electrons. The van der Waals surface area contributed by atoms with Gasteiger partial charge in [0.2, 0.25) is 0 Å². The summed E-state index contributed by atoms with van der Waals surface area (Å²) < 4.78 is 13.5. The van der Waals surface area contributed by atoms with Gasteiger partial charge in [-0.05, 0) is 34.1 Å². The van der Waals surface area contributed by atoms with Crippen LogP contribution in [0.25, 0.3) is 0 Å². The van der Waals surface area contributed by atoms with Gasteiger partial charge >= 0.3 is 23.9 Å². The summed E-state index contributed by atoms with van der Waals surface area (Å²) in [7, 11) is 1.33. The molecule has 0 aliphatic rings. The van der Waals surface area contributed by atoms with Crippen molar-refractivity contribution in [2.75, 3.05) is 20.3 Å². The van der Waals surface area contributed by atoms with Crippen molar-refractivity contribution in [2.45, 2.75) is 53.6 Å². The van der Waals surface area contributed by atoms with Crippen molar-refractivity contribution in [2.24, 2.45) is 0 Å². The topological polar surface area (TPSA) is 136 Å². The summed E-state index contributed by atoms with van der Waals surface area (Å²) in [5.41, 5.74) is 0.957. The first-order valence-corrected chi connectivity index (χ1v) is 9.60. The number of carboxylic acid groups (broad SMARTS) is 1. The third kappa shape index (κ3) is 34.3. The molecule has 0 saturated heterocycles. The zero-order valence-electron chi connectivity index (χ0n) is 20.1. The van der Waals surface area contributed by atoms with Gasteiger partial charge in [-0.25, -0.2) is 19.2 Å². The molecule has 1 atom stereocenters. The van der Waals surface area contributed by atoms with E-state index in [-0.39, 0.29) is 24.1 Å². The minimum atomic E-state index is -0.935. The molecule has 0 aliphatic heterocycles. The van der Waals surface area contributed by atoms with Crippen LogP contribution in [0.15, 0.2) is 49.1 Å². The number of aliphatic hydroxyl groups excluding tert-OH is 1. The van der Waals surface area contributed by atoms with Crippen molar-refractivity contribution in [3.63, 3.8) is 0 Å². The van der Waals surface area contributed by atoms with Crippen LogP contribution in [0, 0.1) is 0 Å². The normalized spacial score (nSPS) is 9.34. The van der Waals surface area contributed by atoms with E-state index in [1.165, 1.54) is 20.1 Å². The number of aliphatic carboxylic acids is 1. The summed E-state index contributed by atoms with van der Waals surface area (Å²) >= 11 is 0. The number of hydrogen-bond acceptors (Lipinski definition) is 8. The van der Waals surface area contributed by atoms with Gasteiger partial charge in [0.05, 0.1) is 19.8 Å². The Bertz CT molecular complexity index is 619. The Kier molecular flexibility index (Phi) is 27.2. The predicted octanol–water partition coefficient (Wildman–Crippen LogP) is 3.38. The third-order valence-electron chi connectivity index (χ3n) is 2.61. The van der Waals surface area contributed by atoms with Crippen molar-refractivity contribution >= 4 is 23.9 Å². The van der Waals surface area contributed by atoms with Crippen molar-refractivity contribution in [1.82, 2.24) is 0 Å². The minimum absolute atomic E-state index is 0.0334. The number of hydrogen-bond donors (Lipinski definition) is 2. The maximum atomic E-state index is 10.6. The first-order valence-electron chi connectivity index (χ1n) is 9.60. The van der Waals surface area contributed by atoms with Crippen LogP contribution in [-0.4, -0.2) is 60.5 Å². The highest BCUT2D eigenvalue weighted by Crippen LogP contribution is 1.93. The molecule has 0 heterocycles. The van der Waals surface area contributed by atoms with Gasteiger partial charge in [-0.3, -0.25) is 0 Å². The zero-order valence-corrected chi connectivity index (χ0v) is 20.1. The molecule has 2 N–H and O–H groups in total. The Morgan fingerprint density at radius 3 is 1.59 bits per heavy atom. The fraction of sp³-hybridized carbons (Fsp3) is 0.478. The Hall–Kier alpha value is -3.20. The number of rotatable bonds is 9. The van der Waals surface area contributed by atoms with Crippen molar-refractivity contribution in [3.05, 3.63) is 49.1 Å². The van der Waals surface area contributed by atoms with Gasteiger partial charge < -0.3 is 24.4 Å². The van der Waals surface area contributed by atoms with Crippen LogP contribution in [0.5, 0.6) is 0 Å². The lowest BCUT2D eigenvalue weighted by atomic mass is 10.3. The summed E-state index contributed by atoms with van der Waals surface area (Å²) in [6, 6.07) is 0. The highest BCUT2D eigenvalue weighted by atomic mass is 16.5. The Labute approximate surface area is 191 Å². The second-order valence-electron chi connectivity index (χ2n) is 6.31. The maximum Gasteiger partial charge on any atom is 0.333 e. The second kappa shape index (κ2) is 24.1. The zero-order chi connectivity index (χ0) is 26.3. The molecule has 0 radical (unpaired) electrons. The van der Waals surface area contributed by atoms with Crippen LogP contribution in [0.3, 0.4) is 0 Å². The quantitative estimate of drug-likeness (QED) is 0.230. The molecule has 0 amide bonds. The minimum Gasteiger partial charge on any atom is -0.478 e. The molecule has 32 heavy (non-hydrogen) atoms. The van der Waals surface area contributed by atoms with Crippen molar-refractivity contribution in [1.29, 1.82) is 0 Å². The van der Waals surface area contributed by atoms with Crippen molar-refractivity contribution in [3.8, 4) is 0 Å². The molecule has 0 spiro atoms. The number of carbonyl (C=O) groups excluding carboxylic acids is 3. The van der Waals surface area contributed by atoms with Gasteiger partial charge in [0, 0.05) is 22.8 Å². The summed E-state index contributed by atoms with van der Waals surface area (Å²) in [5, 5.41) is 16.6. The standard InChI is InChI=1S/C7H12O3.C7H12O2.C5H8O2.C4H6O2/c1-5(2)7(9)10-4-6(3)8;1-3-5-6-9-7(8)4-2;1-4(2)5(6)7-3;1-3(2)4(5)6/h6,8H,1,4H2,2-3H3;4H,2-3,5-6H2,1H3;1H2,2-3H3;1H2,2H3,(H,5,6). The number of carbonyl (C=O) groups is 4. The molecule has 0 aromatic heterocycles. The van der Waals surface area contributed by atoms with E-state index in [1.54, 1.807) is 20.8 Å². The van der Waals surface area contributed by atoms with Crippen LogP contribution in [0.1, 0.15) is 47.5 Å². The van der Waals surface area contributed by atoms with E-state index in [0.29, 0.717) is 17.8 Å². The average molecular weight is 459 g/mol. The number of carboxylic acids is 1. The second-order valence-corrected chi connectivity index (χ2v) is 6.31. The molecule has 9 nitrogen and oxygen atoms in total. The largest absolute Gasteiger partial charge is 0.478 e. The lowest BCUT2D eigenvalue weighted by molar-refractivity contribution is -0.141. The average Bonchev–Trinajstić information content (AvgIpc) is 2.72. The number of methoxy groups -OCH3 is 1. The molecule has 0 fully saturated rings. The summed E-state index contributed by atoms with van der Waals surface area (Å²) in [5.74, 6) is -2.07. The maximum absolute atomic E-state index is 10.6. The van der Waals surface area contributed by atoms with Gasteiger partial charge in [-0.1, -0.05) is 39.7 Å². The highest BCUT2D eigenvalue weighted by molar-refractivity contribution is 5.87. The van der Waals surface area contributed by atoms with E-state index >= 15 is 0 Å². The van der Waals surface area contributed by atoms with Crippen LogP contribution in [0.4, 0.5) is 0 Å². The van der Waals surface area contributed by atoms with Crippen LogP contribution in [0.2, 0.25) is 0 Å². The SMILES string of the molecule is C=C(C)C(=O)O.C=C(C)C(=O)OC.C=C(C)C(=O)OCC(C)O.C=CC(=O)OCCCC. The van der Waals surface area contributed by atoms with Crippen LogP contribution in [-0.2, 0) is 33.4 Å². The third-order valence-corrected chi connectivity index (χ3v) is 2.61. The van der Waals surface area contributed by atoms with E-state index in [1.807, 2.05) is 6.92 Å². The van der Waals surface area contributed by atoms with Crippen LogP contribution < -0.4 is 0 Å². The molecule has 0 bridgehead atoms. The van der Waals surface area contributed by atoms with Crippen molar-refractivity contribution < 1.29 is 43.6 Å². The molecule has 0 rings (SSSR count). The molecule has 0 aliphatic carbocycles. The fourth-order valence-electron chi connectivity index (χ4n) is 0.870. The Morgan fingerprint density at radius 2 is 1.38 bits per heavy atom. The lowest BCUT2D eigenvalue weighted by Gasteiger charge is -2.04. The van der Waals surface area contributed by atoms with Gasteiger partial charge in [0.15, 0.2) is 0 Å². The molecule has 9 heteroatoms. The Morgan fingerprint density at radius 1 is 0.938 bits per heavy atom. The molecular weight excluding hydrogens is 420 g/mol. The van der Waals surface area contributed by atoms with E-state index < -0.39 is 18.0 Å². The number of unbranched alkanes of at least 4 members (excludes halogenated alkanes) is 1. The van der Waals surface area contributed by atoms with Gasteiger partial charge in [0.25, 0.3) is 0 Å². The van der Waals surface area contributed by atoms with Gasteiger partial charge in [0.1, 0.15) is 6.61 Å².